The highest BCUT2D eigenvalue weighted by Crippen LogP contribution is 2.37. The van der Waals surface area contributed by atoms with Crippen LogP contribution in [0.4, 0.5) is 13.2 Å². The van der Waals surface area contributed by atoms with Gasteiger partial charge in [-0.2, -0.15) is 13.2 Å². The van der Waals surface area contributed by atoms with Crippen LogP contribution in [0.3, 0.4) is 0 Å². The Morgan fingerprint density at radius 1 is 1.27 bits per heavy atom. The molecule has 0 fully saturated rings. The van der Waals surface area contributed by atoms with Crippen LogP contribution in [0, 0.1) is 0 Å². The molecule has 1 heterocycles. The number of benzene rings is 1. The molecule has 3 unspecified atom stereocenters. The molecule has 1 aliphatic heterocycles. The van der Waals surface area contributed by atoms with Crippen molar-refractivity contribution in [2.24, 2.45) is 0 Å². The Hall–Kier alpha value is -2.30. The van der Waals surface area contributed by atoms with Crippen molar-refractivity contribution >= 4 is 41.7 Å². The van der Waals surface area contributed by atoms with Crippen LogP contribution in [0.1, 0.15) is 12.5 Å². The van der Waals surface area contributed by atoms with Gasteiger partial charge in [0.2, 0.25) is 0 Å². The number of esters is 1. The van der Waals surface area contributed by atoms with Crippen molar-refractivity contribution in [1.29, 1.82) is 0 Å². The summed E-state index contributed by atoms with van der Waals surface area (Å²) < 4.78 is 48.9. The number of rotatable bonds is 7. The van der Waals surface area contributed by atoms with Gasteiger partial charge < -0.3 is 19.6 Å². The van der Waals surface area contributed by atoms with Crippen LogP contribution >= 0.6 is 23.2 Å². The van der Waals surface area contributed by atoms with Gasteiger partial charge in [0.05, 0.1) is 18.2 Å². The number of allylic oxidation sites excluding steroid dienone is 1. The summed E-state index contributed by atoms with van der Waals surface area (Å²) in [6.45, 7) is 1.27. The molecule has 0 aliphatic carbocycles. The van der Waals surface area contributed by atoms with Crippen molar-refractivity contribution in [3.05, 3.63) is 39.5 Å². The highest BCUT2D eigenvalue weighted by Gasteiger charge is 2.41. The molecule has 2 rings (SSSR count). The number of carbonyl (C=O) groups excluding carboxylic acids is 3. The van der Waals surface area contributed by atoms with Crippen LogP contribution in [0.5, 0.6) is 5.75 Å². The summed E-state index contributed by atoms with van der Waals surface area (Å²) in [6, 6.07) is 1.53. The molecule has 0 radical (unpaired) electrons. The van der Waals surface area contributed by atoms with Gasteiger partial charge in [0.15, 0.2) is 12.4 Å². The number of alkyl halides is 3. The van der Waals surface area contributed by atoms with Crippen molar-refractivity contribution in [2.75, 3.05) is 7.11 Å². The van der Waals surface area contributed by atoms with Gasteiger partial charge in [-0.15, -0.1) is 0 Å². The van der Waals surface area contributed by atoms with E-state index in [0.29, 0.717) is 11.6 Å². The number of hydrogen-bond acceptors (Lipinski definition) is 7. The largest absolute Gasteiger partial charge is 0.477 e. The minimum absolute atomic E-state index is 0.00821. The highest BCUT2D eigenvalue weighted by molar-refractivity contribution is 6.43. The maximum absolute atomic E-state index is 13.0. The molecule has 1 aliphatic rings. The summed E-state index contributed by atoms with van der Waals surface area (Å²) >= 11 is 12.4. The average Bonchev–Trinajstić information content (AvgIpc) is 2.71. The molecule has 3 atom stereocenters. The maximum atomic E-state index is 13.0. The summed E-state index contributed by atoms with van der Waals surface area (Å²) in [6.07, 6.45) is -5.92. The molecule has 0 spiro atoms. The molecule has 30 heavy (non-hydrogen) atoms. The van der Waals surface area contributed by atoms with Gasteiger partial charge in [-0.05, 0) is 24.6 Å². The Kier molecular flexibility index (Phi) is 7.73. The molecule has 0 aromatic heterocycles. The van der Waals surface area contributed by atoms with Gasteiger partial charge in [0, 0.05) is 6.54 Å². The van der Waals surface area contributed by atoms with Crippen LogP contribution in [0.25, 0.3) is 0 Å². The molecule has 12 heteroatoms. The normalized spacial score (nSPS) is 20.6. The van der Waals surface area contributed by atoms with E-state index in [0.717, 1.165) is 0 Å². The number of nitrogens with one attached hydrogen (secondary N) is 1. The predicted molar refractivity (Wildman–Crippen MR) is 101 cm³/mol. The fraction of sp³-hybridized carbons (Fsp3) is 0.389. The second-order valence-electron chi connectivity index (χ2n) is 6.24. The van der Waals surface area contributed by atoms with Gasteiger partial charge in [-0.1, -0.05) is 29.3 Å². The van der Waals surface area contributed by atoms with Gasteiger partial charge in [0.1, 0.15) is 28.9 Å². The zero-order valence-corrected chi connectivity index (χ0v) is 17.2. The molecular weight excluding hydrogens is 452 g/mol. The number of carbonyl (C=O) groups is 3. The summed E-state index contributed by atoms with van der Waals surface area (Å²) in [5.74, 6) is -0.557. The van der Waals surface area contributed by atoms with Crippen LogP contribution in [-0.2, 0) is 25.7 Å². The lowest BCUT2D eigenvalue weighted by Gasteiger charge is -2.37. The molecule has 1 aromatic carbocycles. The first-order valence-corrected chi connectivity index (χ1v) is 9.22. The summed E-state index contributed by atoms with van der Waals surface area (Å²) in [5, 5.41) is 1.99. The third-order valence-electron chi connectivity index (χ3n) is 4.27. The number of nitrogens with zero attached hydrogens (tertiary/aromatic N) is 1. The van der Waals surface area contributed by atoms with E-state index in [1.165, 1.54) is 31.1 Å². The quantitative estimate of drug-likeness (QED) is 0.486. The van der Waals surface area contributed by atoms with Crippen LogP contribution < -0.4 is 10.1 Å². The zero-order valence-electron chi connectivity index (χ0n) is 15.7. The molecule has 0 bridgehead atoms. The Morgan fingerprint density at radius 3 is 2.47 bits per heavy atom. The molecule has 164 valence electrons. The smallest absolute Gasteiger partial charge is 0.430 e. The van der Waals surface area contributed by atoms with E-state index in [4.69, 9.17) is 27.9 Å². The second kappa shape index (κ2) is 9.67. The Bertz CT molecular complexity index is 863. The first kappa shape index (κ1) is 24.0. The third kappa shape index (κ3) is 5.24. The molecule has 0 saturated carbocycles. The lowest BCUT2D eigenvalue weighted by molar-refractivity contribution is -0.147. The van der Waals surface area contributed by atoms with E-state index >= 15 is 0 Å². The average molecular weight is 469 g/mol. The number of halogens is 5. The number of methoxy groups -OCH3 is 1. The summed E-state index contributed by atoms with van der Waals surface area (Å²) in [7, 11) is 1.19. The van der Waals surface area contributed by atoms with E-state index in [1.54, 1.807) is 0 Å². The lowest BCUT2D eigenvalue weighted by atomic mass is 10.1. The number of ether oxygens (including phenoxy) is 2. The SMILES string of the molecule is COC(=O)C(C)Oc1ccc(CN2C(C=O)C=C(C(F)(F)F)NC2C=O)c(Cl)c1Cl. The van der Waals surface area contributed by atoms with E-state index in [2.05, 4.69) is 10.1 Å². The molecule has 7 nitrogen and oxygen atoms in total. The van der Waals surface area contributed by atoms with Crippen molar-refractivity contribution in [3.8, 4) is 5.75 Å². The first-order chi connectivity index (χ1) is 14.0. The highest BCUT2D eigenvalue weighted by atomic mass is 35.5. The molecule has 0 saturated heterocycles. The molecule has 1 N–H and O–H groups in total. The molecular formula is C18H17Cl2F3N2O5. The van der Waals surface area contributed by atoms with Gasteiger partial charge in [0.25, 0.3) is 0 Å². The van der Waals surface area contributed by atoms with Gasteiger partial charge in [-0.3, -0.25) is 9.69 Å². The standard InChI is InChI=1S/C18H17Cl2F3N2O5/c1-9(17(28)29-2)30-12-4-3-10(15(19)16(12)20)6-25-11(7-26)5-13(18(21,22)23)24-14(25)8-27/h3-5,7-9,11,14,24H,6H2,1-2H3. The third-order valence-corrected chi connectivity index (χ3v) is 5.18. The van der Waals surface area contributed by atoms with Crippen LogP contribution in [0.2, 0.25) is 10.0 Å². The van der Waals surface area contributed by atoms with Crippen LogP contribution in [0.15, 0.2) is 23.9 Å². The topological polar surface area (TPSA) is 84.9 Å². The van der Waals surface area contributed by atoms with E-state index in [9.17, 15) is 27.6 Å². The first-order valence-electron chi connectivity index (χ1n) is 8.46. The molecule has 0 amide bonds. The minimum atomic E-state index is -4.75. The van der Waals surface area contributed by atoms with Crippen molar-refractivity contribution in [3.63, 3.8) is 0 Å². The lowest BCUT2D eigenvalue weighted by Crippen LogP contribution is -2.56. The Labute approximate surface area is 179 Å². The Morgan fingerprint density at radius 2 is 1.93 bits per heavy atom. The van der Waals surface area contributed by atoms with E-state index in [1.807, 2.05) is 0 Å². The molecule has 1 aromatic rings. The monoisotopic (exact) mass is 468 g/mol. The number of hydrogen-bond donors (Lipinski definition) is 1. The Balaban J connectivity index is 2.31. The fourth-order valence-corrected chi connectivity index (χ4v) is 3.18. The van der Waals surface area contributed by atoms with E-state index < -0.39 is 36.2 Å². The predicted octanol–water partition coefficient (Wildman–Crippen LogP) is 2.88. The minimum Gasteiger partial charge on any atom is -0.477 e. The second-order valence-corrected chi connectivity index (χ2v) is 6.99. The maximum Gasteiger partial charge on any atom is 0.430 e. The van der Waals surface area contributed by atoms with Crippen LogP contribution in [-0.4, -0.2) is 55.0 Å². The number of aldehydes is 2. The van der Waals surface area contributed by atoms with Crippen molar-refractivity contribution in [2.45, 2.75) is 38.0 Å². The van der Waals surface area contributed by atoms with Crippen molar-refractivity contribution in [1.82, 2.24) is 10.2 Å². The van der Waals surface area contributed by atoms with Crippen molar-refractivity contribution < 1.29 is 37.0 Å². The zero-order chi connectivity index (χ0) is 22.6. The fourth-order valence-electron chi connectivity index (χ4n) is 2.74. The van der Waals surface area contributed by atoms with E-state index in [-0.39, 0.29) is 34.9 Å². The summed E-state index contributed by atoms with van der Waals surface area (Å²) in [5.41, 5.74) is -0.860. The van der Waals surface area contributed by atoms with Gasteiger partial charge >= 0.3 is 12.1 Å². The summed E-state index contributed by atoms with van der Waals surface area (Å²) in [4.78, 5) is 35.4. The van der Waals surface area contributed by atoms with Gasteiger partial charge in [-0.25, -0.2) is 4.79 Å².